The summed E-state index contributed by atoms with van der Waals surface area (Å²) < 4.78 is 19.1. The predicted molar refractivity (Wildman–Crippen MR) is 70.2 cm³/mol. The van der Waals surface area contributed by atoms with Crippen LogP contribution in [0.3, 0.4) is 0 Å². The summed E-state index contributed by atoms with van der Waals surface area (Å²) in [5, 5.41) is 0. The highest BCUT2D eigenvalue weighted by Gasteiger charge is 2.33. The summed E-state index contributed by atoms with van der Waals surface area (Å²) in [6.45, 7) is 10.1. The average molecular weight is 257 g/mol. The van der Waals surface area contributed by atoms with E-state index in [1.807, 2.05) is 20.8 Å². The first kappa shape index (κ1) is 15.0. The maximum Gasteiger partial charge on any atom is 0.410 e. The van der Waals surface area contributed by atoms with Crippen LogP contribution < -0.4 is 0 Å². The molecule has 0 aromatic rings. The molecule has 2 unspecified atom stereocenters. The lowest BCUT2D eigenvalue weighted by Crippen LogP contribution is -2.36. The fraction of sp³-hybridized carbons (Fsp3) is 0.786. The summed E-state index contributed by atoms with van der Waals surface area (Å²) in [6.07, 6.45) is 2.45. The van der Waals surface area contributed by atoms with Crippen LogP contribution in [0.4, 0.5) is 9.18 Å². The zero-order valence-corrected chi connectivity index (χ0v) is 11.6. The lowest BCUT2D eigenvalue weighted by Gasteiger charge is -2.24. The molecule has 0 bridgehead atoms. The Morgan fingerprint density at radius 2 is 2.28 bits per heavy atom. The Kier molecular flexibility index (Phi) is 5.17. The zero-order valence-electron chi connectivity index (χ0n) is 11.6. The Morgan fingerprint density at radius 1 is 1.61 bits per heavy atom. The van der Waals surface area contributed by atoms with Crippen LogP contribution in [-0.4, -0.2) is 35.9 Å². The minimum atomic E-state index is -0.851. The first-order valence-corrected chi connectivity index (χ1v) is 6.56. The quantitative estimate of drug-likeness (QED) is 0.721. The minimum absolute atomic E-state index is 0.0579. The van der Waals surface area contributed by atoms with E-state index in [0.29, 0.717) is 25.9 Å². The number of carbonyl (C=O) groups excluding carboxylic acids is 1. The number of amides is 1. The third-order valence-electron chi connectivity index (χ3n) is 3.03. The number of nitrogens with zero attached hydrogens (tertiary/aromatic N) is 1. The van der Waals surface area contributed by atoms with Crippen LogP contribution >= 0.6 is 0 Å². The number of hydrogen-bond acceptors (Lipinski definition) is 2. The molecule has 1 amide bonds. The summed E-state index contributed by atoms with van der Waals surface area (Å²) in [4.78, 5) is 13.4. The molecule has 1 aliphatic rings. The van der Waals surface area contributed by atoms with Crippen molar-refractivity contribution in [3.8, 4) is 0 Å². The first-order chi connectivity index (χ1) is 8.33. The second kappa shape index (κ2) is 6.21. The van der Waals surface area contributed by atoms with Crippen molar-refractivity contribution >= 4 is 6.09 Å². The van der Waals surface area contributed by atoms with Gasteiger partial charge in [0.1, 0.15) is 11.8 Å². The number of likely N-dealkylation sites (tertiary alicyclic amines) is 1. The van der Waals surface area contributed by atoms with Crippen LogP contribution in [0, 0.1) is 5.92 Å². The number of ether oxygens (including phenoxy) is 1. The molecule has 4 heteroatoms. The summed E-state index contributed by atoms with van der Waals surface area (Å²) in [7, 11) is 0. The molecule has 1 saturated heterocycles. The molecule has 2 atom stereocenters. The van der Waals surface area contributed by atoms with Crippen LogP contribution in [0.15, 0.2) is 12.7 Å². The second-order valence-corrected chi connectivity index (χ2v) is 5.86. The van der Waals surface area contributed by atoms with Crippen LogP contribution in [0.1, 0.15) is 40.0 Å². The lowest BCUT2D eigenvalue weighted by atomic mass is 9.99. The fourth-order valence-corrected chi connectivity index (χ4v) is 2.09. The number of hydrogen-bond donors (Lipinski definition) is 0. The molecule has 0 N–H and O–H groups in total. The highest BCUT2D eigenvalue weighted by atomic mass is 19.1. The van der Waals surface area contributed by atoms with Gasteiger partial charge in [-0.2, -0.15) is 0 Å². The summed E-state index contributed by atoms with van der Waals surface area (Å²) in [5.74, 6) is -0.0579. The van der Waals surface area contributed by atoms with Crippen molar-refractivity contribution in [3.63, 3.8) is 0 Å². The van der Waals surface area contributed by atoms with E-state index in [1.54, 1.807) is 11.0 Å². The minimum Gasteiger partial charge on any atom is -0.444 e. The van der Waals surface area contributed by atoms with Gasteiger partial charge in [0.2, 0.25) is 0 Å². The van der Waals surface area contributed by atoms with Gasteiger partial charge in [-0.05, 0) is 40.0 Å². The second-order valence-electron chi connectivity index (χ2n) is 5.86. The van der Waals surface area contributed by atoms with Gasteiger partial charge in [-0.1, -0.05) is 6.08 Å². The molecule has 0 spiro atoms. The monoisotopic (exact) mass is 257 g/mol. The first-order valence-electron chi connectivity index (χ1n) is 6.56. The molecule has 1 fully saturated rings. The van der Waals surface area contributed by atoms with E-state index in [-0.39, 0.29) is 12.0 Å². The van der Waals surface area contributed by atoms with Gasteiger partial charge < -0.3 is 9.64 Å². The molecular weight excluding hydrogens is 233 g/mol. The third kappa shape index (κ3) is 4.67. The van der Waals surface area contributed by atoms with Crippen molar-refractivity contribution in [3.05, 3.63) is 12.7 Å². The van der Waals surface area contributed by atoms with Crippen LogP contribution in [0.2, 0.25) is 0 Å². The number of carbonyl (C=O) groups is 1. The summed E-state index contributed by atoms with van der Waals surface area (Å²) in [5.41, 5.74) is -0.493. The number of allylic oxidation sites excluding steroid dienone is 1. The van der Waals surface area contributed by atoms with Crippen molar-refractivity contribution in [2.24, 2.45) is 5.92 Å². The molecule has 18 heavy (non-hydrogen) atoms. The molecule has 0 radical (unpaired) electrons. The van der Waals surface area contributed by atoms with Crippen molar-refractivity contribution in [1.82, 2.24) is 4.90 Å². The largest absolute Gasteiger partial charge is 0.444 e. The molecule has 0 aromatic carbocycles. The van der Waals surface area contributed by atoms with Gasteiger partial charge in [-0.25, -0.2) is 9.18 Å². The number of rotatable bonds is 4. The summed E-state index contributed by atoms with van der Waals surface area (Å²) in [6, 6.07) is 0. The van der Waals surface area contributed by atoms with Gasteiger partial charge in [0.25, 0.3) is 0 Å². The Balaban J connectivity index is 2.41. The molecule has 1 aliphatic heterocycles. The fourth-order valence-electron chi connectivity index (χ4n) is 2.09. The van der Waals surface area contributed by atoms with Gasteiger partial charge in [0.15, 0.2) is 0 Å². The van der Waals surface area contributed by atoms with Gasteiger partial charge >= 0.3 is 6.09 Å². The van der Waals surface area contributed by atoms with E-state index in [2.05, 4.69) is 6.58 Å². The van der Waals surface area contributed by atoms with Gasteiger partial charge in [0.05, 0.1) is 0 Å². The Labute approximate surface area is 109 Å². The van der Waals surface area contributed by atoms with Crippen LogP contribution in [0.25, 0.3) is 0 Å². The average Bonchev–Trinajstić information content (AvgIpc) is 2.72. The molecule has 1 heterocycles. The highest BCUT2D eigenvalue weighted by molar-refractivity contribution is 5.68. The van der Waals surface area contributed by atoms with Crippen LogP contribution in [-0.2, 0) is 4.74 Å². The zero-order chi connectivity index (χ0) is 13.8. The third-order valence-corrected chi connectivity index (χ3v) is 3.03. The SMILES string of the molecule is C=CCCC(F)C1CCN(C(=O)OC(C)(C)C)C1. The van der Waals surface area contributed by atoms with Crippen molar-refractivity contribution < 1.29 is 13.9 Å². The highest BCUT2D eigenvalue weighted by Crippen LogP contribution is 2.26. The Bertz CT molecular complexity index is 299. The maximum atomic E-state index is 13.8. The topological polar surface area (TPSA) is 29.5 Å². The molecule has 1 rings (SSSR count). The molecular formula is C14H24FNO2. The Hall–Kier alpha value is -1.06. The lowest BCUT2D eigenvalue weighted by molar-refractivity contribution is 0.0281. The van der Waals surface area contributed by atoms with Crippen molar-refractivity contribution in [2.45, 2.75) is 51.8 Å². The normalized spacial score (nSPS) is 21.8. The van der Waals surface area contributed by atoms with Crippen molar-refractivity contribution in [1.29, 1.82) is 0 Å². The standard InChI is InChI=1S/C14H24FNO2/c1-5-6-7-12(15)11-8-9-16(10-11)13(17)18-14(2,3)4/h5,11-12H,1,6-10H2,2-4H3. The van der Waals surface area contributed by atoms with E-state index < -0.39 is 11.8 Å². The molecule has 104 valence electrons. The van der Waals surface area contributed by atoms with Gasteiger partial charge in [0, 0.05) is 19.0 Å². The van der Waals surface area contributed by atoms with E-state index in [1.165, 1.54) is 0 Å². The van der Waals surface area contributed by atoms with Gasteiger partial charge in [-0.3, -0.25) is 0 Å². The molecule has 0 saturated carbocycles. The van der Waals surface area contributed by atoms with E-state index >= 15 is 0 Å². The van der Waals surface area contributed by atoms with E-state index in [0.717, 1.165) is 6.42 Å². The van der Waals surface area contributed by atoms with E-state index in [4.69, 9.17) is 4.74 Å². The summed E-state index contributed by atoms with van der Waals surface area (Å²) >= 11 is 0. The smallest absolute Gasteiger partial charge is 0.410 e. The van der Waals surface area contributed by atoms with Crippen LogP contribution in [0.5, 0.6) is 0 Å². The maximum absolute atomic E-state index is 13.8. The molecule has 0 aromatic heterocycles. The number of halogens is 1. The van der Waals surface area contributed by atoms with E-state index in [9.17, 15) is 9.18 Å². The van der Waals surface area contributed by atoms with Crippen molar-refractivity contribution in [2.75, 3.05) is 13.1 Å². The molecule has 0 aliphatic carbocycles. The predicted octanol–water partition coefficient (Wildman–Crippen LogP) is 3.55. The Morgan fingerprint density at radius 3 is 2.83 bits per heavy atom. The molecule has 3 nitrogen and oxygen atoms in total. The van der Waals surface area contributed by atoms with Gasteiger partial charge in [-0.15, -0.1) is 6.58 Å². The number of alkyl halides is 1.